The maximum absolute atomic E-state index is 10.3. The van der Waals surface area contributed by atoms with Crippen molar-refractivity contribution in [2.75, 3.05) is 11.9 Å². The van der Waals surface area contributed by atoms with Gasteiger partial charge in [-0.15, -0.1) is 0 Å². The molecule has 0 bridgehead atoms. The van der Waals surface area contributed by atoms with E-state index in [9.17, 15) is 4.79 Å². The standard InChI is InChI=1S/C11H12N2O3/c14-10(15)2-1-5-12-11-8-4-7-16-9(8)3-6-13-11/h3-4,6-7H,1-2,5H2,(H,12,13)(H,14,15). The quantitative estimate of drug-likeness (QED) is 0.755. The van der Waals surface area contributed by atoms with Crippen LogP contribution in [0.4, 0.5) is 5.82 Å². The van der Waals surface area contributed by atoms with Gasteiger partial charge in [0.2, 0.25) is 0 Å². The first-order valence-corrected chi connectivity index (χ1v) is 5.05. The molecule has 0 aliphatic carbocycles. The van der Waals surface area contributed by atoms with E-state index in [-0.39, 0.29) is 6.42 Å². The molecule has 0 atom stereocenters. The first-order valence-electron chi connectivity index (χ1n) is 5.05. The lowest BCUT2D eigenvalue weighted by atomic mass is 10.3. The predicted molar refractivity (Wildman–Crippen MR) is 59.4 cm³/mol. The van der Waals surface area contributed by atoms with E-state index in [1.165, 1.54) is 0 Å². The molecule has 0 amide bonds. The summed E-state index contributed by atoms with van der Waals surface area (Å²) >= 11 is 0. The van der Waals surface area contributed by atoms with E-state index >= 15 is 0 Å². The number of pyridine rings is 1. The number of aromatic nitrogens is 1. The van der Waals surface area contributed by atoms with Crippen LogP contribution < -0.4 is 5.32 Å². The summed E-state index contributed by atoms with van der Waals surface area (Å²) in [5.41, 5.74) is 0.774. The van der Waals surface area contributed by atoms with E-state index in [2.05, 4.69) is 10.3 Å². The minimum atomic E-state index is -0.781. The van der Waals surface area contributed by atoms with Crippen LogP contribution in [0.15, 0.2) is 29.0 Å². The Bertz CT molecular complexity index is 493. The van der Waals surface area contributed by atoms with Crippen molar-refractivity contribution in [1.29, 1.82) is 0 Å². The third-order valence-corrected chi connectivity index (χ3v) is 2.24. The summed E-state index contributed by atoms with van der Waals surface area (Å²) in [6.07, 6.45) is 4.00. The van der Waals surface area contributed by atoms with Gasteiger partial charge in [-0.25, -0.2) is 4.98 Å². The highest BCUT2D eigenvalue weighted by Crippen LogP contribution is 2.21. The van der Waals surface area contributed by atoms with E-state index in [4.69, 9.17) is 9.52 Å². The fourth-order valence-electron chi connectivity index (χ4n) is 1.48. The van der Waals surface area contributed by atoms with Gasteiger partial charge in [0.05, 0.1) is 11.6 Å². The number of carboxylic acid groups (broad SMARTS) is 1. The number of carbonyl (C=O) groups is 1. The van der Waals surface area contributed by atoms with Crippen LogP contribution in [0.1, 0.15) is 12.8 Å². The molecule has 2 aromatic heterocycles. The minimum Gasteiger partial charge on any atom is -0.481 e. The van der Waals surface area contributed by atoms with Crippen LogP contribution >= 0.6 is 0 Å². The van der Waals surface area contributed by atoms with E-state index in [0.717, 1.165) is 16.8 Å². The van der Waals surface area contributed by atoms with Gasteiger partial charge in [0.25, 0.3) is 0 Å². The summed E-state index contributed by atoms with van der Waals surface area (Å²) in [5.74, 6) is -0.0482. The number of nitrogens with one attached hydrogen (secondary N) is 1. The molecule has 2 rings (SSSR count). The lowest BCUT2D eigenvalue weighted by Crippen LogP contribution is -2.06. The van der Waals surface area contributed by atoms with E-state index in [1.54, 1.807) is 18.5 Å². The molecule has 0 unspecified atom stereocenters. The Balaban J connectivity index is 1.98. The van der Waals surface area contributed by atoms with E-state index in [0.29, 0.717) is 13.0 Å². The Morgan fingerprint density at radius 3 is 3.19 bits per heavy atom. The van der Waals surface area contributed by atoms with Crippen LogP contribution in [0.25, 0.3) is 11.0 Å². The van der Waals surface area contributed by atoms with Gasteiger partial charge in [-0.1, -0.05) is 0 Å². The highest BCUT2D eigenvalue weighted by atomic mass is 16.4. The molecule has 5 nitrogen and oxygen atoms in total. The van der Waals surface area contributed by atoms with Crippen LogP contribution in [0, 0.1) is 0 Å². The molecule has 2 heterocycles. The highest BCUT2D eigenvalue weighted by Gasteiger charge is 2.04. The number of hydrogen-bond donors (Lipinski definition) is 2. The zero-order chi connectivity index (χ0) is 11.4. The first kappa shape index (κ1) is 10.5. The van der Waals surface area contributed by atoms with Gasteiger partial charge in [-0.3, -0.25) is 4.79 Å². The van der Waals surface area contributed by atoms with Crippen LogP contribution in [0.3, 0.4) is 0 Å². The molecular weight excluding hydrogens is 208 g/mol. The molecule has 0 aliphatic rings. The smallest absolute Gasteiger partial charge is 0.303 e. The summed E-state index contributed by atoms with van der Waals surface area (Å²) in [5, 5.41) is 12.5. The zero-order valence-electron chi connectivity index (χ0n) is 8.64. The van der Waals surface area contributed by atoms with Gasteiger partial charge in [-0.2, -0.15) is 0 Å². The molecule has 0 saturated heterocycles. The summed E-state index contributed by atoms with van der Waals surface area (Å²) in [7, 11) is 0. The number of hydrogen-bond acceptors (Lipinski definition) is 4. The highest BCUT2D eigenvalue weighted by molar-refractivity contribution is 5.87. The van der Waals surface area contributed by atoms with Crippen LogP contribution in [-0.2, 0) is 4.79 Å². The Kier molecular flexibility index (Phi) is 3.05. The molecule has 0 aliphatic heterocycles. The Morgan fingerprint density at radius 1 is 1.50 bits per heavy atom. The summed E-state index contributed by atoms with van der Waals surface area (Å²) in [4.78, 5) is 14.5. The lowest BCUT2D eigenvalue weighted by Gasteiger charge is -2.04. The number of anilines is 1. The molecule has 0 saturated carbocycles. The zero-order valence-corrected chi connectivity index (χ0v) is 8.64. The van der Waals surface area contributed by atoms with Crippen LogP contribution in [0.2, 0.25) is 0 Å². The third-order valence-electron chi connectivity index (χ3n) is 2.24. The van der Waals surface area contributed by atoms with Crippen molar-refractivity contribution in [3.8, 4) is 0 Å². The Hall–Kier alpha value is -2.04. The monoisotopic (exact) mass is 220 g/mol. The summed E-state index contributed by atoms with van der Waals surface area (Å²) in [6.45, 7) is 0.587. The van der Waals surface area contributed by atoms with E-state index in [1.807, 2.05) is 6.07 Å². The second-order valence-electron chi connectivity index (χ2n) is 3.42. The predicted octanol–water partition coefficient (Wildman–Crippen LogP) is 2.10. The molecule has 2 N–H and O–H groups in total. The van der Waals surface area contributed by atoms with Crippen molar-refractivity contribution in [2.24, 2.45) is 0 Å². The number of rotatable bonds is 5. The molecular formula is C11H12N2O3. The molecule has 0 spiro atoms. The van der Waals surface area contributed by atoms with Gasteiger partial charge in [0, 0.05) is 19.2 Å². The maximum atomic E-state index is 10.3. The second-order valence-corrected chi connectivity index (χ2v) is 3.42. The summed E-state index contributed by atoms with van der Waals surface area (Å²) in [6, 6.07) is 3.62. The molecule has 0 aromatic carbocycles. The Labute approximate surface area is 92.1 Å². The van der Waals surface area contributed by atoms with Crippen molar-refractivity contribution < 1.29 is 14.3 Å². The van der Waals surface area contributed by atoms with Gasteiger partial charge in [-0.05, 0) is 18.6 Å². The number of aliphatic carboxylic acids is 1. The number of fused-ring (bicyclic) bond motifs is 1. The molecule has 84 valence electrons. The van der Waals surface area contributed by atoms with Gasteiger partial charge < -0.3 is 14.8 Å². The van der Waals surface area contributed by atoms with Gasteiger partial charge in [0.1, 0.15) is 11.4 Å². The fraction of sp³-hybridized carbons (Fsp3) is 0.273. The van der Waals surface area contributed by atoms with Crippen molar-refractivity contribution in [2.45, 2.75) is 12.8 Å². The molecule has 16 heavy (non-hydrogen) atoms. The van der Waals surface area contributed by atoms with Crippen molar-refractivity contribution in [1.82, 2.24) is 4.98 Å². The second kappa shape index (κ2) is 4.65. The average Bonchev–Trinajstić information content (AvgIpc) is 2.72. The van der Waals surface area contributed by atoms with Crippen LogP contribution in [0.5, 0.6) is 0 Å². The maximum Gasteiger partial charge on any atom is 0.303 e. The average molecular weight is 220 g/mol. The van der Waals surface area contributed by atoms with Crippen molar-refractivity contribution in [3.63, 3.8) is 0 Å². The van der Waals surface area contributed by atoms with Crippen LogP contribution in [-0.4, -0.2) is 22.6 Å². The summed E-state index contributed by atoms with van der Waals surface area (Å²) < 4.78 is 5.23. The van der Waals surface area contributed by atoms with Gasteiger partial charge >= 0.3 is 5.97 Å². The van der Waals surface area contributed by atoms with Crippen molar-refractivity contribution in [3.05, 3.63) is 24.6 Å². The van der Waals surface area contributed by atoms with E-state index < -0.39 is 5.97 Å². The molecule has 0 fully saturated rings. The molecule has 2 aromatic rings. The third kappa shape index (κ3) is 2.31. The number of nitrogens with zero attached hydrogens (tertiary/aromatic N) is 1. The first-order chi connectivity index (χ1) is 7.77. The van der Waals surface area contributed by atoms with Gasteiger partial charge in [0.15, 0.2) is 0 Å². The van der Waals surface area contributed by atoms with Crippen molar-refractivity contribution >= 4 is 22.8 Å². The molecule has 5 heteroatoms. The fourth-order valence-corrected chi connectivity index (χ4v) is 1.48. The number of furan rings is 1. The lowest BCUT2D eigenvalue weighted by molar-refractivity contribution is -0.137. The molecule has 0 radical (unpaired) electrons. The normalized spacial score (nSPS) is 10.5. The minimum absolute atomic E-state index is 0.161. The largest absolute Gasteiger partial charge is 0.481 e. The number of carboxylic acids is 1. The Morgan fingerprint density at radius 2 is 2.38 bits per heavy atom. The topological polar surface area (TPSA) is 75.4 Å². The SMILES string of the molecule is O=C(O)CCCNc1nccc2occc12.